The van der Waals surface area contributed by atoms with E-state index in [0.29, 0.717) is 11.4 Å². The van der Waals surface area contributed by atoms with Crippen molar-refractivity contribution < 1.29 is 0 Å². The van der Waals surface area contributed by atoms with Crippen LogP contribution < -0.4 is 11.2 Å². The van der Waals surface area contributed by atoms with E-state index in [1.807, 2.05) is 30.3 Å². The lowest BCUT2D eigenvalue weighted by Crippen LogP contribution is -2.22. The third-order valence-electron chi connectivity index (χ3n) is 2.19. The summed E-state index contributed by atoms with van der Waals surface area (Å²) in [6, 6.07) is 11.5. The van der Waals surface area contributed by atoms with Crippen LogP contribution >= 0.6 is 11.8 Å². The Morgan fingerprint density at radius 1 is 1.00 bits per heavy atom. The minimum atomic E-state index is -0.451. The molecule has 0 radical (unpaired) electrons. The molecule has 0 saturated heterocycles. The molecule has 0 unspecified atom stereocenters. The van der Waals surface area contributed by atoms with Gasteiger partial charge < -0.3 is 4.98 Å². The number of hydrogen-bond acceptors (Lipinski definition) is 3. The van der Waals surface area contributed by atoms with Gasteiger partial charge in [-0.3, -0.25) is 9.78 Å². The van der Waals surface area contributed by atoms with Gasteiger partial charge in [0.15, 0.2) is 0 Å². The van der Waals surface area contributed by atoms with Crippen LogP contribution in [-0.4, -0.2) is 9.97 Å². The number of thioether (sulfide) groups is 1. The summed E-state index contributed by atoms with van der Waals surface area (Å²) >= 11 is 1.65. The Morgan fingerprint density at radius 2 is 1.76 bits per heavy atom. The van der Waals surface area contributed by atoms with Crippen molar-refractivity contribution in [2.45, 2.75) is 11.5 Å². The van der Waals surface area contributed by atoms with Gasteiger partial charge in [-0.05, 0) is 5.56 Å². The molecule has 2 aromatic rings. The highest BCUT2D eigenvalue weighted by Gasteiger charge is 1.98. The van der Waals surface area contributed by atoms with Crippen LogP contribution in [0.5, 0.6) is 0 Å². The second kappa shape index (κ2) is 5.54. The molecular weight excluding hydrogens is 236 g/mol. The lowest BCUT2D eigenvalue weighted by molar-refractivity contribution is 0.986. The van der Waals surface area contributed by atoms with Crippen LogP contribution in [0.15, 0.2) is 46.0 Å². The van der Waals surface area contributed by atoms with Crippen molar-refractivity contribution >= 4 is 11.8 Å². The summed E-state index contributed by atoms with van der Waals surface area (Å²) in [5, 5.41) is 0. The highest BCUT2D eigenvalue weighted by atomic mass is 32.2. The molecular formula is C12H12N2O2S. The molecule has 0 amide bonds. The maximum absolute atomic E-state index is 11.1. The predicted molar refractivity (Wildman–Crippen MR) is 69.1 cm³/mol. The van der Waals surface area contributed by atoms with Gasteiger partial charge in [-0.25, -0.2) is 4.79 Å². The maximum atomic E-state index is 11.1. The predicted octanol–water partition coefficient (Wildman–Crippen LogP) is 1.50. The van der Waals surface area contributed by atoms with Crippen LogP contribution in [0.1, 0.15) is 11.3 Å². The summed E-state index contributed by atoms with van der Waals surface area (Å²) in [6.45, 7) is 0. The summed E-state index contributed by atoms with van der Waals surface area (Å²) < 4.78 is 0. The van der Waals surface area contributed by atoms with Crippen LogP contribution in [0.2, 0.25) is 0 Å². The van der Waals surface area contributed by atoms with Crippen LogP contribution in [-0.2, 0) is 11.5 Å². The molecule has 17 heavy (non-hydrogen) atoms. The number of H-pyrrole nitrogens is 2. The standard InChI is InChI=1S/C12H12N2O2S/c15-11-6-10(13-12(16)14-11)8-17-7-9-4-2-1-3-5-9/h1-6H,7-8H2,(H2,13,14,15,16). The van der Waals surface area contributed by atoms with Crippen molar-refractivity contribution in [3.8, 4) is 0 Å². The summed E-state index contributed by atoms with van der Waals surface area (Å²) in [5.41, 5.74) is 1.07. The molecule has 0 spiro atoms. The first-order valence-electron chi connectivity index (χ1n) is 5.18. The van der Waals surface area contributed by atoms with Gasteiger partial charge in [0.2, 0.25) is 0 Å². The van der Waals surface area contributed by atoms with E-state index < -0.39 is 5.69 Å². The Balaban J connectivity index is 1.94. The maximum Gasteiger partial charge on any atom is 0.325 e. The van der Waals surface area contributed by atoms with Gasteiger partial charge in [0.1, 0.15) is 0 Å². The van der Waals surface area contributed by atoms with E-state index in [1.54, 1.807) is 11.8 Å². The van der Waals surface area contributed by atoms with Gasteiger partial charge in [0, 0.05) is 23.3 Å². The third kappa shape index (κ3) is 3.64. The van der Waals surface area contributed by atoms with Crippen LogP contribution in [0, 0.1) is 0 Å². The molecule has 1 heterocycles. The Labute approximate surface area is 102 Å². The molecule has 1 aromatic heterocycles. The Kier molecular flexibility index (Phi) is 3.82. The number of aromatic amines is 2. The third-order valence-corrected chi connectivity index (χ3v) is 3.24. The number of nitrogens with one attached hydrogen (secondary N) is 2. The number of aromatic nitrogens is 2. The van der Waals surface area contributed by atoms with Crippen molar-refractivity contribution in [3.05, 3.63) is 68.5 Å². The molecule has 2 rings (SSSR count). The molecule has 0 aliphatic rings. The zero-order valence-corrected chi connectivity index (χ0v) is 9.92. The Morgan fingerprint density at radius 3 is 2.47 bits per heavy atom. The normalized spacial score (nSPS) is 10.4. The Bertz CT molecular complexity index is 561. The quantitative estimate of drug-likeness (QED) is 0.861. The van der Waals surface area contributed by atoms with Gasteiger partial charge in [0.25, 0.3) is 5.56 Å². The molecule has 0 aliphatic carbocycles. The molecule has 0 aliphatic heterocycles. The van der Waals surface area contributed by atoms with Crippen molar-refractivity contribution in [1.29, 1.82) is 0 Å². The molecule has 5 heteroatoms. The van der Waals surface area contributed by atoms with Crippen LogP contribution in [0.25, 0.3) is 0 Å². The number of rotatable bonds is 4. The minimum absolute atomic E-state index is 0.357. The fourth-order valence-electron chi connectivity index (χ4n) is 1.45. The summed E-state index contributed by atoms with van der Waals surface area (Å²) in [5.74, 6) is 1.48. The van der Waals surface area contributed by atoms with Gasteiger partial charge in [-0.15, -0.1) is 0 Å². The first kappa shape index (κ1) is 11.7. The zero-order chi connectivity index (χ0) is 12.1. The molecule has 0 bridgehead atoms. The smallest absolute Gasteiger partial charge is 0.310 e. The van der Waals surface area contributed by atoms with Crippen molar-refractivity contribution in [2.75, 3.05) is 0 Å². The van der Waals surface area contributed by atoms with Crippen molar-refractivity contribution in [3.63, 3.8) is 0 Å². The lowest BCUT2D eigenvalue weighted by Gasteiger charge is -2.01. The average Bonchev–Trinajstić information content (AvgIpc) is 2.29. The van der Waals surface area contributed by atoms with E-state index in [1.165, 1.54) is 11.6 Å². The second-order valence-electron chi connectivity index (χ2n) is 3.59. The molecule has 1 aromatic carbocycles. The summed E-state index contributed by atoms with van der Waals surface area (Å²) in [4.78, 5) is 26.8. The first-order valence-corrected chi connectivity index (χ1v) is 6.34. The molecule has 0 saturated carbocycles. The van der Waals surface area contributed by atoms with Crippen molar-refractivity contribution in [1.82, 2.24) is 9.97 Å². The van der Waals surface area contributed by atoms with Gasteiger partial charge in [0.05, 0.1) is 0 Å². The highest BCUT2D eigenvalue weighted by Crippen LogP contribution is 2.15. The van der Waals surface area contributed by atoms with E-state index >= 15 is 0 Å². The van der Waals surface area contributed by atoms with E-state index in [9.17, 15) is 9.59 Å². The van der Waals surface area contributed by atoms with Crippen LogP contribution in [0.4, 0.5) is 0 Å². The van der Waals surface area contributed by atoms with Gasteiger partial charge in [-0.2, -0.15) is 11.8 Å². The fourth-order valence-corrected chi connectivity index (χ4v) is 2.36. The van der Waals surface area contributed by atoms with Gasteiger partial charge >= 0.3 is 5.69 Å². The van der Waals surface area contributed by atoms with E-state index in [4.69, 9.17) is 0 Å². The zero-order valence-electron chi connectivity index (χ0n) is 9.10. The van der Waals surface area contributed by atoms with E-state index in [-0.39, 0.29) is 5.56 Å². The minimum Gasteiger partial charge on any atom is -0.310 e. The molecule has 88 valence electrons. The number of hydrogen-bond donors (Lipinski definition) is 2. The SMILES string of the molecule is O=c1cc(CSCc2ccccc2)[nH]c(=O)[nH]1. The second-order valence-corrected chi connectivity index (χ2v) is 4.58. The molecule has 4 nitrogen and oxygen atoms in total. The monoisotopic (exact) mass is 248 g/mol. The lowest BCUT2D eigenvalue weighted by atomic mass is 10.2. The van der Waals surface area contributed by atoms with Crippen molar-refractivity contribution in [2.24, 2.45) is 0 Å². The summed E-state index contributed by atoms with van der Waals surface area (Å²) in [6.07, 6.45) is 0. The van der Waals surface area contributed by atoms with Gasteiger partial charge in [-0.1, -0.05) is 30.3 Å². The Hall–Kier alpha value is -1.75. The average molecular weight is 248 g/mol. The van der Waals surface area contributed by atoms with Crippen LogP contribution in [0.3, 0.4) is 0 Å². The van der Waals surface area contributed by atoms with E-state index in [2.05, 4.69) is 9.97 Å². The first-order chi connectivity index (χ1) is 8.24. The molecule has 0 atom stereocenters. The largest absolute Gasteiger partial charge is 0.325 e. The fraction of sp³-hybridized carbons (Fsp3) is 0.167. The molecule has 0 fully saturated rings. The topological polar surface area (TPSA) is 65.7 Å². The van der Waals surface area contributed by atoms with E-state index in [0.717, 1.165) is 5.75 Å². The number of benzene rings is 1. The molecule has 2 N–H and O–H groups in total. The summed E-state index contributed by atoms with van der Waals surface area (Å²) in [7, 11) is 0. The highest BCUT2D eigenvalue weighted by molar-refractivity contribution is 7.97.